The van der Waals surface area contributed by atoms with E-state index in [0.29, 0.717) is 6.54 Å². The van der Waals surface area contributed by atoms with Gasteiger partial charge in [0.1, 0.15) is 0 Å². The molecule has 2 heterocycles. The summed E-state index contributed by atoms with van der Waals surface area (Å²) < 4.78 is 0. The van der Waals surface area contributed by atoms with Crippen molar-refractivity contribution in [1.82, 2.24) is 9.88 Å². The summed E-state index contributed by atoms with van der Waals surface area (Å²) >= 11 is 3.42. The number of hydrogen-bond donors (Lipinski definition) is 0. The molecule has 16 heavy (non-hydrogen) atoms. The number of aryl methyl sites for hydroxylation is 1. The number of aromatic nitrogens is 1. The molecule has 0 radical (unpaired) electrons. The van der Waals surface area contributed by atoms with E-state index in [1.54, 1.807) is 6.20 Å². The van der Waals surface area contributed by atoms with Gasteiger partial charge in [-0.1, -0.05) is 15.9 Å². The summed E-state index contributed by atoms with van der Waals surface area (Å²) in [6.45, 7) is 3.60. The molecule has 1 aliphatic rings. The molecular formula is C12H15BrN2O. The predicted octanol–water partition coefficient (Wildman–Crippen LogP) is 2.28. The van der Waals surface area contributed by atoms with Gasteiger partial charge in [-0.2, -0.15) is 0 Å². The van der Waals surface area contributed by atoms with E-state index in [-0.39, 0.29) is 10.7 Å². The molecule has 0 spiro atoms. The van der Waals surface area contributed by atoms with Crippen LogP contribution in [0.5, 0.6) is 0 Å². The van der Waals surface area contributed by atoms with E-state index in [4.69, 9.17) is 0 Å². The summed E-state index contributed by atoms with van der Waals surface area (Å²) in [4.78, 5) is 17.9. The second kappa shape index (κ2) is 4.95. The third-order valence-corrected chi connectivity index (χ3v) is 3.81. The van der Waals surface area contributed by atoms with Crippen LogP contribution in [0.3, 0.4) is 0 Å². The molecule has 0 aromatic carbocycles. The van der Waals surface area contributed by atoms with Gasteiger partial charge in [0, 0.05) is 25.5 Å². The first-order valence-corrected chi connectivity index (χ1v) is 6.42. The van der Waals surface area contributed by atoms with Gasteiger partial charge in [-0.05, 0) is 37.0 Å². The number of carbonyl (C=O) groups excluding carboxylic acids is 1. The molecule has 1 aliphatic heterocycles. The smallest absolute Gasteiger partial charge is 0.236 e. The molecule has 1 atom stereocenters. The van der Waals surface area contributed by atoms with Crippen molar-refractivity contribution in [2.24, 2.45) is 0 Å². The van der Waals surface area contributed by atoms with E-state index < -0.39 is 0 Å². The van der Waals surface area contributed by atoms with Crippen LogP contribution >= 0.6 is 15.9 Å². The first kappa shape index (κ1) is 11.6. The average molecular weight is 283 g/mol. The Bertz CT molecular complexity index is 394. The second-order valence-corrected chi connectivity index (χ2v) is 5.28. The van der Waals surface area contributed by atoms with Crippen LogP contribution < -0.4 is 0 Å². The van der Waals surface area contributed by atoms with Crippen LogP contribution in [0.2, 0.25) is 0 Å². The maximum atomic E-state index is 11.9. The lowest BCUT2D eigenvalue weighted by molar-refractivity contribution is -0.133. The highest BCUT2D eigenvalue weighted by Crippen LogP contribution is 2.20. The molecule has 0 saturated carbocycles. The maximum Gasteiger partial charge on any atom is 0.236 e. The number of likely N-dealkylation sites (tertiary alicyclic amines) is 1. The monoisotopic (exact) mass is 282 g/mol. The van der Waals surface area contributed by atoms with Crippen molar-refractivity contribution < 1.29 is 4.79 Å². The molecule has 1 aromatic rings. The average Bonchev–Trinajstić information content (AvgIpc) is 2.28. The Morgan fingerprint density at radius 2 is 2.44 bits per heavy atom. The van der Waals surface area contributed by atoms with E-state index in [2.05, 4.69) is 20.9 Å². The van der Waals surface area contributed by atoms with Crippen LogP contribution in [0.15, 0.2) is 18.5 Å². The number of pyridine rings is 1. The minimum Gasteiger partial charge on any atom is -0.337 e. The topological polar surface area (TPSA) is 33.2 Å². The van der Waals surface area contributed by atoms with Crippen LogP contribution in [-0.2, 0) is 11.3 Å². The third kappa shape index (κ3) is 2.43. The van der Waals surface area contributed by atoms with E-state index in [1.165, 1.54) is 5.56 Å². The van der Waals surface area contributed by atoms with Crippen LogP contribution in [0.1, 0.15) is 24.0 Å². The van der Waals surface area contributed by atoms with Crippen molar-refractivity contribution in [2.45, 2.75) is 31.1 Å². The van der Waals surface area contributed by atoms with Crippen molar-refractivity contribution in [3.05, 3.63) is 29.6 Å². The molecule has 3 nitrogen and oxygen atoms in total. The summed E-state index contributed by atoms with van der Waals surface area (Å²) in [5.74, 6) is 0.211. The fourth-order valence-electron chi connectivity index (χ4n) is 1.94. The van der Waals surface area contributed by atoms with Gasteiger partial charge >= 0.3 is 0 Å². The van der Waals surface area contributed by atoms with Gasteiger partial charge in [-0.3, -0.25) is 9.78 Å². The highest BCUT2D eigenvalue weighted by atomic mass is 79.9. The Labute approximate surface area is 104 Å². The molecule has 1 saturated heterocycles. The molecule has 1 amide bonds. The van der Waals surface area contributed by atoms with Crippen molar-refractivity contribution in [1.29, 1.82) is 0 Å². The fraction of sp³-hybridized carbons (Fsp3) is 0.500. The maximum absolute atomic E-state index is 11.9. The second-order valence-electron chi connectivity index (χ2n) is 4.17. The number of piperidine rings is 1. The van der Waals surface area contributed by atoms with Gasteiger partial charge in [0.15, 0.2) is 0 Å². The summed E-state index contributed by atoms with van der Waals surface area (Å²) in [7, 11) is 0. The first-order chi connectivity index (χ1) is 7.68. The molecule has 86 valence electrons. The highest BCUT2D eigenvalue weighted by molar-refractivity contribution is 9.10. The molecule has 0 bridgehead atoms. The van der Waals surface area contributed by atoms with Crippen molar-refractivity contribution in [2.75, 3.05) is 6.54 Å². The van der Waals surface area contributed by atoms with Crippen molar-refractivity contribution in [3.63, 3.8) is 0 Å². The fourth-order valence-corrected chi connectivity index (χ4v) is 2.55. The molecule has 1 aromatic heterocycles. The lowest BCUT2D eigenvalue weighted by Gasteiger charge is -2.30. The quantitative estimate of drug-likeness (QED) is 0.780. The van der Waals surface area contributed by atoms with Gasteiger partial charge in [-0.25, -0.2) is 0 Å². The summed E-state index contributed by atoms with van der Waals surface area (Å²) in [5.41, 5.74) is 2.33. The van der Waals surface area contributed by atoms with Gasteiger partial charge in [0.2, 0.25) is 5.91 Å². The Morgan fingerprint density at radius 1 is 1.62 bits per heavy atom. The van der Waals surface area contributed by atoms with Crippen LogP contribution in [0.25, 0.3) is 0 Å². The summed E-state index contributed by atoms with van der Waals surface area (Å²) in [5, 5.41) is 0. The van der Waals surface area contributed by atoms with Gasteiger partial charge in [-0.15, -0.1) is 0 Å². The number of alkyl halides is 1. The number of amides is 1. The van der Waals surface area contributed by atoms with Crippen molar-refractivity contribution in [3.8, 4) is 0 Å². The summed E-state index contributed by atoms with van der Waals surface area (Å²) in [6, 6.07) is 1.99. The van der Waals surface area contributed by atoms with E-state index in [9.17, 15) is 4.79 Å². The first-order valence-electron chi connectivity index (χ1n) is 5.51. The molecule has 4 heteroatoms. The van der Waals surface area contributed by atoms with E-state index in [1.807, 2.05) is 24.1 Å². The van der Waals surface area contributed by atoms with Gasteiger partial charge in [0.25, 0.3) is 0 Å². The van der Waals surface area contributed by atoms with E-state index >= 15 is 0 Å². The number of carbonyl (C=O) groups is 1. The Hall–Kier alpha value is -0.900. The standard InChI is InChI=1S/C12H15BrN2O/c1-9-7-14-5-4-10(9)8-15-6-2-3-11(13)12(15)16/h4-5,7,11H,2-3,6,8H2,1H3. The largest absolute Gasteiger partial charge is 0.337 e. The Kier molecular flexibility index (Phi) is 3.59. The predicted molar refractivity (Wildman–Crippen MR) is 66.3 cm³/mol. The number of nitrogens with zero attached hydrogens (tertiary/aromatic N) is 2. The Morgan fingerprint density at radius 3 is 3.19 bits per heavy atom. The molecule has 1 unspecified atom stereocenters. The lowest BCUT2D eigenvalue weighted by atomic mass is 10.1. The molecule has 2 rings (SSSR count). The molecular weight excluding hydrogens is 268 g/mol. The van der Waals surface area contributed by atoms with Gasteiger partial charge < -0.3 is 4.90 Å². The third-order valence-electron chi connectivity index (χ3n) is 2.96. The number of rotatable bonds is 2. The zero-order chi connectivity index (χ0) is 11.5. The van der Waals surface area contributed by atoms with Crippen LogP contribution in [-0.4, -0.2) is 27.2 Å². The van der Waals surface area contributed by atoms with E-state index in [0.717, 1.165) is 24.9 Å². The number of hydrogen-bond acceptors (Lipinski definition) is 2. The number of halogens is 1. The zero-order valence-corrected chi connectivity index (χ0v) is 10.9. The summed E-state index contributed by atoms with van der Waals surface area (Å²) in [6.07, 6.45) is 5.65. The van der Waals surface area contributed by atoms with Crippen LogP contribution in [0.4, 0.5) is 0 Å². The minimum absolute atomic E-state index is 0.00314. The SMILES string of the molecule is Cc1cnccc1CN1CCCC(Br)C1=O. The van der Waals surface area contributed by atoms with Crippen molar-refractivity contribution >= 4 is 21.8 Å². The van der Waals surface area contributed by atoms with Crippen LogP contribution in [0, 0.1) is 6.92 Å². The minimum atomic E-state index is 0.00314. The zero-order valence-electron chi connectivity index (χ0n) is 9.32. The van der Waals surface area contributed by atoms with Gasteiger partial charge in [0.05, 0.1) is 4.83 Å². The lowest BCUT2D eigenvalue weighted by Crippen LogP contribution is -2.41. The normalized spacial score (nSPS) is 21.2. The Balaban J connectivity index is 2.10. The molecule has 1 fully saturated rings. The molecule has 0 aliphatic carbocycles. The molecule has 0 N–H and O–H groups in total. The highest BCUT2D eigenvalue weighted by Gasteiger charge is 2.26.